The van der Waals surface area contributed by atoms with Crippen molar-refractivity contribution in [2.24, 2.45) is 23.7 Å². The standard InChI is InChI=1S/C50H83FN6O13/c1-14-39-50(10,64)42(59)32(6)56(12)26-28(2)24-48(8,63)44(30(4)40(31(5)45(61)69-39)38-25-49(9,65-13)43(60)33(7)68-38)70-46-41(58)37(22-29(3)67-46)55(11)19-18-36-27-57(54-53-36)20-21-66-47(62)52-35-17-15-16-34(51)23-35/h15-17,23,27-33,37-44,46,58-60,63-64H,14,18-22,24-26H2,1-13H3,(H,52,62)/t28-,29-,30+,31-,32-,33+,37+,38?,39-,40+,41-,42-,43+,44-,46+,48-,49-,50-/m1/s1. The van der Waals surface area contributed by atoms with Crippen molar-refractivity contribution in [1.82, 2.24) is 24.8 Å². The minimum absolute atomic E-state index is 0.00206. The van der Waals surface area contributed by atoms with E-state index in [9.17, 15) is 39.5 Å². The number of nitrogens with one attached hydrogen (secondary N) is 1. The number of rotatable bonds is 13. The summed E-state index contributed by atoms with van der Waals surface area (Å²) in [5.41, 5.74) is -3.57. The van der Waals surface area contributed by atoms with E-state index in [1.54, 1.807) is 58.5 Å². The number of cyclic esters (lactones) is 1. The zero-order valence-electron chi connectivity index (χ0n) is 43.5. The Morgan fingerprint density at radius 2 is 1.74 bits per heavy atom. The van der Waals surface area contributed by atoms with Crippen molar-refractivity contribution in [2.45, 2.75) is 192 Å². The van der Waals surface area contributed by atoms with Crippen LogP contribution in [0.15, 0.2) is 30.5 Å². The van der Waals surface area contributed by atoms with Crippen molar-refractivity contribution >= 4 is 17.7 Å². The fourth-order valence-corrected chi connectivity index (χ4v) is 11.2. The van der Waals surface area contributed by atoms with Gasteiger partial charge >= 0.3 is 12.1 Å². The van der Waals surface area contributed by atoms with E-state index in [0.29, 0.717) is 31.6 Å². The lowest BCUT2D eigenvalue weighted by molar-refractivity contribution is -0.302. The first-order valence-electron chi connectivity index (χ1n) is 24.9. The quantitative estimate of drug-likeness (QED) is 0.157. The molecular weight excluding hydrogens is 912 g/mol. The van der Waals surface area contributed by atoms with Gasteiger partial charge in [0.25, 0.3) is 0 Å². The lowest BCUT2D eigenvalue weighted by Gasteiger charge is -2.51. The van der Waals surface area contributed by atoms with Crippen molar-refractivity contribution in [3.63, 3.8) is 0 Å². The monoisotopic (exact) mass is 995 g/mol. The van der Waals surface area contributed by atoms with Crippen LogP contribution in [0.3, 0.4) is 0 Å². The van der Waals surface area contributed by atoms with Gasteiger partial charge in [0.2, 0.25) is 0 Å². The molecule has 6 N–H and O–H groups in total. The lowest BCUT2D eigenvalue weighted by atomic mass is 9.68. The Morgan fingerprint density at radius 1 is 1.04 bits per heavy atom. The Labute approximate surface area is 413 Å². The minimum atomic E-state index is -1.83. The molecule has 0 radical (unpaired) electrons. The van der Waals surface area contributed by atoms with Gasteiger partial charge in [-0.05, 0) is 105 Å². The van der Waals surface area contributed by atoms with E-state index >= 15 is 0 Å². The second kappa shape index (κ2) is 24.1. The van der Waals surface area contributed by atoms with Gasteiger partial charge in [-0.3, -0.25) is 10.1 Å². The maximum absolute atomic E-state index is 14.6. The number of aromatic nitrogens is 3. The highest BCUT2D eigenvalue weighted by Gasteiger charge is 2.55. The zero-order valence-corrected chi connectivity index (χ0v) is 43.5. The number of hydrogen-bond donors (Lipinski definition) is 6. The number of anilines is 1. The molecule has 3 saturated heterocycles. The number of amides is 1. The maximum Gasteiger partial charge on any atom is 0.411 e. The molecule has 2 aromatic rings. The van der Waals surface area contributed by atoms with Gasteiger partial charge in [-0.1, -0.05) is 39.0 Å². The predicted octanol–water partition coefficient (Wildman–Crippen LogP) is 3.77. The summed E-state index contributed by atoms with van der Waals surface area (Å²) in [7, 11) is 5.25. The summed E-state index contributed by atoms with van der Waals surface area (Å²) in [6.45, 7) is 18.9. The predicted molar refractivity (Wildman–Crippen MR) is 257 cm³/mol. The van der Waals surface area contributed by atoms with Crippen LogP contribution in [0.4, 0.5) is 14.9 Å². The molecule has 3 aliphatic rings. The van der Waals surface area contributed by atoms with Crippen molar-refractivity contribution in [3.05, 3.63) is 42.0 Å². The molecule has 1 aromatic heterocycles. The van der Waals surface area contributed by atoms with E-state index in [-0.39, 0.29) is 50.1 Å². The minimum Gasteiger partial charge on any atom is -0.459 e. The van der Waals surface area contributed by atoms with Gasteiger partial charge in [-0.2, -0.15) is 0 Å². The molecule has 398 valence electrons. The largest absolute Gasteiger partial charge is 0.459 e. The van der Waals surface area contributed by atoms with E-state index in [1.807, 2.05) is 44.7 Å². The number of nitrogens with zero attached hydrogens (tertiary/aromatic N) is 5. The van der Waals surface area contributed by atoms with Crippen molar-refractivity contribution in [3.8, 4) is 0 Å². The summed E-state index contributed by atoms with van der Waals surface area (Å²) in [6.07, 6.45) is -6.17. The third-order valence-electron chi connectivity index (χ3n) is 15.4. The fourth-order valence-electron chi connectivity index (χ4n) is 11.2. The highest BCUT2D eigenvalue weighted by molar-refractivity contribution is 5.84. The molecule has 0 spiro atoms. The molecule has 4 heterocycles. The molecule has 5 rings (SSSR count). The van der Waals surface area contributed by atoms with Crippen LogP contribution in [0.25, 0.3) is 0 Å². The van der Waals surface area contributed by atoms with Gasteiger partial charge in [-0.25, -0.2) is 13.9 Å². The first kappa shape index (κ1) is 57.5. The van der Waals surface area contributed by atoms with Crippen LogP contribution in [0.2, 0.25) is 0 Å². The van der Waals surface area contributed by atoms with Crippen LogP contribution in [0.5, 0.6) is 0 Å². The topological polar surface area (TPSA) is 240 Å². The molecule has 1 amide bonds. The third kappa shape index (κ3) is 13.8. The van der Waals surface area contributed by atoms with Crippen molar-refractivity contribution in [2.75, 3.05) is 46.2 Å². The molecule has 3 aliphatic heterocycles. The van der Waals surface area contributed by atoms with Gasteiger partial charge in [0, 0.05) is 62.9 Å². The van der Waals surface area contributed by atoms with E-state index in [2.05, 4.69) is 15.6 Å². The Bertz CT molecular complexity index is 2000. The molecule has 70 heavy (non-hydrogen) atoms. The molecule has 0 aliphatic carbocycles. The summed E-state index contributed by atoms with van der Waals surface area (Å²) in [4.78, 5) is 30.7. The number of aliphatic hydroxyl groups excluding tert-OH is 3. The first-order chi connectivity index (χ1) is 32.7. The van der Waals surface area contributed by atoms with E-state index in [4.69, 9.17) is 28.4 Å². The lowest BCUT2D eigenvalue weighted by Crippen LogP contribution is -2.62. The molecule has 0 saturated carbocycles. The number of carbonyl (C=O) groups excluding carboxylic acids is 2. The van der Waals surface area contributed by atoms with Crippen LogP contribution < -0.4 is 5.32 Å². The molecule has 3 fully saturated rings. The maximum atomic E-state index is 14.6. The third-order valence-corrected chi connectivity index (χ3v) is 15.4. The number of methoxy groups -OCH3 is 1. The van der Waals surface area contributed by atoms with Crippen molar-refractivity contribution in [1.29, 1.82) is 0 Å². The second-order valence-corrected chi connectivity index (χ2v) is 21.3. The zero-order chi connectivity index (χ0) is 52.0. The molecule has 1 unspecified atom stereocenters. The summed E-state index contributed by atoms with van der Waals surface area (Å²) in [5.74, 6) is -3.72. The Hall–Kier alpha value is -3.41. The fraction of sp³-hybridized carbons (Fsp3) is 0.800. The molecular formula is C50H83FN6O13. The van der Waals surface area contributed by atoms with E-state index in [1.165, 1.54) is 32.2 Å². The number of esters is 1. The van der Waals surface area contributed by atoms with E-state index < -0.39 is 114 Å². The Morgan fingerprint density at radius 3 is 2.40 bits per heavy atom. The van der Waals surface area contributed by atoms with Gasteiger partial charge in [0.15, 0.2) is 6.29 Å². The molecule has 1 aromatic carbocycles. The summed E-state index contributed by atoms with van der Waals surface area (Å²) in [6, 6.07) is 4.46. The summed E-state index contributed by atoms with van der Waals surface area (Å²) < 4.78 is 52.3. The van der Waals surface area contributed by atoms with Gasteiger partial charge in [-0.15, -0.1) is 5.10 Å². The van der Waals surface area contributed by atoms with Crippen LogP contribution in [-0.4, -0.2) is 187 Å². The van der Waals surface area contributed by atoms with Gasteiger partial charge in [0.05, 0.1) is 53.8 Å². The van der Waals surface area contributed by atoms with E-state index in [0.717, 1.165) is 0 Å². The number of benzene rings is 1. The van der Waals surface area contributed by atoms with Crippen LogP contribution >= 0.6 is 0 Å². The molecule has 19 nitrogen and oxygen atoms in total. The summed E-state index contributed by atoms with van der Waals surface area (Å²) in [5, 5.41) is 70.9. The van der Waals surface area contributed by atoms with Gasteiger partial charge < -0.3 is 63.8 Å². The SMILES string of the molecule is CC[C@H]1OC(=O)[C@H](C)[C@@H](C2C[C@@](C)(OC)[C@@H](O)[C@H](C)O2)[C@H](C)[C@@H](O[C@@H]2O[C@H](C)C[C@H](N(C)CCc3cn(CCOC(=O)Nc4cccc(F)c4)nn3)[C@H]2O)[C@](C)(O)C[C@@H](C)CN(C)[C@H](C)[C@@H](O)[C@]1(C)O. The van der Waals surface area contributed by atoms with Gasteiger partial charge in [0.1, 0.15) is 42.4 Å². The number of halogens is 1. The Balaban J connectivity index is 1.39. The molecule has 0 bridgehead atoms. The summed E-state index contributed by atoms with van der Waals surface area (Å²) >= 11 is 0. The average molecular weight is 995 g/mol. The normalized spacial score (nSPS) is 39.7. The van der Waals surface area contributed by atoms with Crippen LogP contribution in [-0.2, 0) is 46.2 Å². The highest BCUT2D eigenvalue weighted by Crippen LogP contribution is 2.45. The molecule has 18 atom stereocenters. The molecule has 20 heteroatoms. The highest BCUT2D eigenvalue weighted by atomic mass is 19.1. The smallest absolute Gasteiger partial charge is 0.411 e. The average Bonchev–Trinajstić information content (AvgIpc) is 3.75. The number of likely N-dealkylation sites (N-methyl/N-ethyl adjacent to an activating group) is 2. The Kier molecular flexibility index (Phi) is 19.8. The number of hydrogen-bond acceptors (Lipinski definition) is 17. The first-order valence-corrected chi connectivity index (χ1v) is 24.9. The van der Waals surface area contributed by atoms with Crippen LogP contribution in [0.1, 0.15) is 101 Å². The number of aliphatic hydroxyl groups is 5. The van der Waals surface area contributed by atoms with Crippen LogP contribution in [0, 0.1) is 29.5 Å². The number of carbonyl (C=O) groups is 2. The van der Waals surface area contributed by atoms with Crippen molar-refractivity contribution < 1.29 is 67.9 Å². The number of ether oxygens (including phenoxy) is 6. The second-order valence-electron chi connectivity index (χ2n) is 21.3.